The lowest BCUT2D eigenvalue weighted by Gasteiger charge is -2.42. The first-order valence-corrected chi connectivity index (χ1v) is 13.7. The fraction of sp³-hybridized carbons (Fsp3) is 0.952. The Morgan fingerprint density at radius 3 is 2.06 bits per heavy atom. The largest absolute Gasteiger partial charge is 0.406 e. The van der Waals surface area contributed by atoms with Crippen molar-refractivity contribution in [3.05, 3.63) is 0 Å². The van der Waals surface area contributed by atoms with Crippen molar-refractivity contribution in [1.82, 2.24) is 19.6 Å². The second kappa shape index (κ2) is 9.38. The zero-order valence-corrected chi connectivity index (χ0v) is 19.5. The Bertz CT molecular complexity index is 778. The van der Waals surface area contributed by atoms with E-state index in [9.17, 15) is 26.4 Å². The lowest BCUT2D eigenvalue weighted by Crippen LogP contribution is -2.50. The summed E-state index contributed by atoms with van der Waals surface area (Å²) >= 11 is 0. The highest BCUT2D eigenvalue weighted by atomic mass is 32.2. The number of amides is 1. The van der Waals surface area contributed by atoms with E-state index in [0.29, 0.717) is 39.1 Å². The van der Waals surface area contributed by atoms with Crippen LogP contribution in [-0.4, -0.2) is 85.8 Å². The van der Waals surface area contributed by atoms with Gasteiger partial charge in [-0.25, -0.2) is 23.2 Å². The van der Waals surface area contributed by atoms with Gasteiger partial charge < -0.3 is 4.90 Å². The van der Waals surface area contributed by atoms with E-state index in [4.69, 9.17) is 0 Å². The molecule has 0 aliphatic carbocycles. The molecule has 4 atom stereocenters. The van der Waals surface area contributed by atoms with Crippen LogP contribution in [0.3, 0.4) is 0 Å². The highest BCUT2D eigenvalue weighted by molar-refractivity contribution is 7.88. The Morgan fingerprint density at radius 2 is 1.50 bits per heavy atom. The summed E-state index contributed by atoms with van der Waals surface area (Å²) in [4.78, 5) is 15.0. The van der Waals surface area contributed by atoms with Crippen LogP contribution in [0.15, 0.2) is 0 Å². The van der Waals surface area contributed by atoms with Crippen LogP contribution in [0.1, 0.15) is 51.4 Å². The van der Waals surface area contributed by atoms with Gasteiger partial charge in [0.2, 0.25) is 15.9 Å². The van der Waals surface area contributed by atoms with Crippen LogP contribution in [0.5, 0.6) is 0 Å². The number of alkyl halides is 3. The van der Waals surface area contributed by atoms with Gasteiger partial charge in [0, 0.05) is 38.8 Å². The third-order valence-electron chi connectivity index (χ3n) is 7.95. The molecule has 1 amide bonds. The smallest absolute Gasteiger partial charge is 0.342 e. The van der Waals surface area contributed by atoms with Gasteiger partial charge in [0.1, 0.15) is 6.04 Å². The van der Waals surface area contributed by atoms with Crippen LogP contribution in [0.25, 0.3) is 0 Å². The number of likely N-dealkylation sites (tertiary alicyclic amines) is 1. The molecule has 7 nitrogen and oxygen atoms in total. The van der Waals surface area contributed by atoms with E-state index >= 15 is 0 Å². The average Bonchev–Trinajstić information content (AvgIpc) is 2.91. The minimum atomic E-state index is -4.49. The third kappa shape index (κ3) is 5.10. The van der Waals surface area contributed by atoms with Crippen LogP contribution in [-0.2, 0) is 14.8 Å². The molecule has 184 valence electrons. The van der Waals surface area contributed by atoms with Crippen LogP contribution in [0.4, 0.5) is 13.2 Å². The van der Waals surface area contributed by atoms with Gasteiger partial charge in [-0.2, -0.15) is 13.2 Å². The van der Waals surface area contributed by atoms with Crippen molar-refractivity contribution in [1.29, 1.82) is 0 Å². The molecule has 0 bridgehead atoms. The Balaban J connectivity index is 1.48. The Hall–Kier alpha value is -0.910. The number of nitrogens with one attached hydrogen (secondary N) is 1. The summed E-state index contributed by atoms with van der Waals surface area (Å²) in [6.45, 7) is 2.50. The standard InChI is InChI=1S/C21H35F3N4O3S/c1-32(30,31)27-11-6-15(7-12-27)16-8-13-28-17(14-16)18(19(25-28)21(22,23)24)20(29)26-9-4-2-3-5-10-26/h15-19,25H,2-14H2,1H3. The number of nitrogens with zero attached hydrogens (tertiary/aromatic N) is 3. The maximum absolute atomic E-state index is 13.9. The lowest BCUT2D eigenvalue weighted by atomic mass is 9.74. The van der Waals surface area contributed by atoms with E-state index in [1.165, 1.54) is 10.6 Å². The molecule has 4 saturated heterocycles. The number of hydrogen-bond donors (Lipinski definition) is 1. The summed E-state index contributed by atoms with van der Waals surface area (Å²) in [7, 11) is -3.21. The van der Waals surface area contributed by atoms with E-state index in [-0.39, 0.29) is 17.7 Å². The maximum atomic E-state index is 13.9. The molecule has 4 rings (SSSR count). The van der Waals surface area contributed by atoms with Gasteiger partial charge in [0.05, 0.1) is 12.2 Å². The zero-order chi connectivity index (χ0) is 23.1. The number of piperidine rings is 2. The maximum Gasteiger partial charge on any atom is 0.406 e. The molecule has 4 aliphatic rings. The van der Waals surface area contributed by atoms with Gasteiger partial charge in [0.15, 0.2) is 0 Å². The van der Waals surface area contributed by atoms with E-state index in [1.807, 2.05) is 0 Å². The minimum absolute atomic E-state index is 0.214. The van der Waals surface area contributed by atoms with Crippen LogP contribution in [0, 0.1) is 17.8 Å². The van der Waals surface area contributed by atoms with Gasteiger partial charge in [-0.15, -0.1) is 0 Å². The molecule has 0 spiro atoms. The zero-order valence-electron chi connectivity index (χ0n) is 18.7. The van der Waals surface area contributed by atoms with Gasteiger partial charge in [-0.05, 0) is 50.4 Å². The molecule has 32 heavy (non-hydrogen) atoms. The van der Waals surface area contributed by atoms with Gasteiger partial charge in [0.25, 0.3) is 0 Å². The number of hydrogen-bond acceptors (Lipinski definition) is 5. The highest BCUT2D eigenvalue weighted by Crippen LogP contribution is 2.43. The van der Waals surface area contributed by atoms with Crippen molar-refractivity contribution in [3.63, 3.8) is 0 Å². The number of rotatable bonds is 3. The van der Waals surface area contributed by atoms with Crippen molar-refractivity contribution in [3.8, 4) is 0 Å². The van der Waals surface area contributed by atoms with Crippen molar-refractivity contribution >= 4 is 15.9 Å². The average molecular weight is 481 g/mol. The minimum Gasteiger partial charge on any atom is -0.342 e. The monoisotopic (exact) mass is 480 g/mol. The quantitative estimate of drug-likeness (QED) is 0.671. The van der Waals surface area contributed by atoms with E-state index in [0.717, 1.165) is 44.9 Å². The molecule has 0 aromatic carbocycles. The summed E-state index contributed by atoms with van der Waals surface area (Å²) in [5, 5.41) is 1.67. The molecule has 0 radical (unpaired) electrons. The molecule has 4 fully saturated rings. The normalized spacial score (nSPS) is 34.3. The van der Waals surface area contributed by atoms with Crippen molar-refractivity contribution in [2.75, 3.05) is 39.0 Å². The van der Waals surface area contributed by atoms with Crippen LogP contribution < -0.4 is 5.43 Å². The number of hydrazine groups is 1. The molecular formula is C21H35F3N4O3S. The highest BCUT2D eigenvalue weighted by Gasteiger charge is 2.59. The first-order valence-electron chi connectivity index (χ1n) is 11.9. The first kappa shape index (κ1) is 24.2. The van der Waals surface area contributed by atoms with E-state index < -0.39 is 34.2 Å². The molecule has 1 N–H and O–H groups in total. The molecule has 4 aliphatic heterocycles. The summed E-state index contributed by atoms with van der Waals surface area (Å²) in [5.41, 5.74) is 2.64. The predicted molar refractivity (Wildman–Crippen MR) is 114 cm³/mol. The molecule has 0 aromatic heterocycles. The Labute approximate surface area is 188 Å². The SMILES string of the molecule is CS(=O)(=O)N1CCC(C2CCN3NC(C(F)(F)F)C(C(=O)N4CCCCCC4)C3C2)CC1. The summed E-state index contributed by atoms with van der Waals surface area (Å²) in [5.74, 6) is -0.978. The van der Waals surface area contributed by atoms with Gasteiger partial charge >= 0.3 is 6.18 Å². The predicted octanol–water partition coefficient (Wildman–Crippen LogP) is 2.21. The second-order valence-corrected chi connectivity index (χ2v) is 11.9. The summed E-state index contributed by atoms with van der Waals surface area (Å²) < 4.78 is 66.9. The number of carbonyl (C=O) groups excluding carboxylic acids is 1. The molecule has 0 aromatic rings. The van der Waals surface area contributed by atoms with Crippen LogP contribution in [0.2, 0.25) is 0 Å². The van der Waals surface area contributed by atoms with Crippen molar-refractivity contribution in [2.45, 2.75) is 69.6 Å². The lowest BCUT2D eigenvalue weighted by molar-refractivity contribution is -0.172. The topological polar surface area (TPSA) is 73.0 Å². The molecule has 4 heterocycles. The van der Waals surface area contributed by atoms with Crippen LogP contribution >= 0.6 is 0 Å². The Kier molecular flexibility index (Phi) is 7.10. The second-order valence-electron chi connectivity index (χ2n) is 9.96. The van der Waals surface area contributed by atoms with Crippen molar-refractivity contribution in [2.24, 2.45) is 17.8 Å². The summed E-state index contributed by atoms with van der Waals surface area (Å²) in [6, 6.07) is -2.31. The Morgan fingerprint density at radius 1 is 0.906 bits per heavy atom. The number of carbonyl (C=O) groups is 1. The number of sulfonamides is 1. The fourth-order valence-corrected chi connectivity index (χ4v) is 7.07. The van der Waals surface area contributed by atoms with E-state index in [1.54, 1.807) is 9.91 Å². The first-order chi connectivity index (χ1) is 15.1. The molecule has 0 saturated carbocycles. The number of fused-ring (bicyclic) bond motifs is 1. The third-order valence-corrected chi connectivity index (χ3v) is 9.26. The van der Waals surface area contributed by atoms with E-state index in [2.05, 4.69) is 5.43 Å². The van der Waals surface area contributed by atoms with Gasteiger partial charge in [-0.3, -0.25) is 4.79 Å². The fourth-order valence-electron chi connectivity index (χ4n) is 6.20. The summed E-state index contributed by atoms with van der Waals surface area (Å²) in [6.07, 6.45) is 3.22. The number of halogens is 3. The molecular weight excluding hydrogens is 445 g/mol. The van der Waals surface area contributed by atoms with Gasteiger partial charge in [-0.1, -0.05) is 12.8 Å². The molecule has 4 unspecified atom stereocenters. The molecule has 11 heteroatoms. The van der Waals surface area contributed by atoms with Crippen molar-refractivity contribution < 1.29 is 26.4 Å².